The van der Waals surface area contributed by atoms with Crippen molar-refractivity contribution in [1.29, 1.82) is 0 Å². The number of hydrogen-bond donors (Lipinski definition) is 0. The summed E-state index contributed by atoms with van der Waals surface area (Å²) in [5.41, 5.74) is 12.5. The maximum atomic E-state index is 5.23. The third-order valence-electron chi connectivity index (χ3n) is 16.5. The minimum absolute atomic E-state index is 0.0100. The van der Waals surface area contributed by atoms with Gasteiger partial charge in [0.15, 0.2) is 0 Å². The first-order chi connectivity index (χ1) is 33.1. The predicted molar refractivity (Wildman–Crippen MR) is 311 cm³/mol. The van der Waals surface area contributed by atoms with Crippen LogP contribution in [0.25, 0.3) is 51.4 Å². The topological polar surface area (TPSA) is 50.5 Å². The van der Waals surface area contributed by atoms with Crippen molar-refractivity contribution in [2.45, 2.75) is 195 Å². The number of fused-ring (bicyclic) bond motifs is 8. The van der Waals surface area contributed by atoms with Crippen molar-refractivity contribution in [2.24, 2.45) is 32.4 Å². The molecule has 6 heterocycles. The second-order valence-electron chi connectivity index (χ2n) is 20.6. The molecular weight excluding hydrogens is 1080 g/mol. The third kappa shape index (κ3) is 9.42. The van der Waals surface area contributed by atoms with Gasteiger partial charge in [-0.15, -0.1) is 45.3 Å². The number of thiophene rings is 4. The van der Waals surface area contributed by atoms with E-state index < -0.39 is 0 Å². The molecule has 6 aromatic rings. The molecule has 1 aromatic carbocycles. The van der Waals surface area contributed by atoms with Crippen LogP contribution in [-0.2, 0) is 22.2 Å². The van der Waals surface area contributed by atoms with E-state index in [9.17, 15) is 0 Å². The van der Waals surface area contributed by atoms with E-state index in [0.29, 0.717) is 23.7 Å². The van der Waals surface area contributed by atoms with Gasteiger partial charge in [0.1, 0.15) is 22.4 Å². The van der Waals surface area contributed by atoms with Crippen molar-refractivity contribution < 1.29 is 0 Å². The van der Waals surface area contributed by atoms with E-state index in [1.807, 2.05) is 45.3 Å². The largest absolute Gasteiger partial charge is 0.172 e. The van der Waals surface area contributed by atoms with Crippen LogP contribution in [0.4, 0.5) is 11.4 Å². The maximum absolute atomic E-state index is 5.23. The number of aromatic nitrogens is 2. The molecule has 0 spiro atoms. The molecule has 4 nitrogen and oxygen atoms in total. The molecule has 0 bridgehead atoms. The highest BCUT2D eigenvalue weighted by molar-refractivity contribution is 9.11. The molecular formula is C56H72Br2N4S6. The Morgan fingerprint density at radius 1 is 0.456 bits per heavy atom. The lowest BCUT2D eigenvalue weighted by Gasteiger charge is -2.37. The average Bonchev–Trinajstić information content (AvgIpc) is 4.22. The molecule has 0 saturated carbocycles. The molecule has 5 aromatic heterocycles. The summed E-state index contributed by atoms with van der Waals surface area (Å²) >= 11 is 18.6. The summed E-state index contributed by atoms with van der Waals surface area (Å²) in [5, 5.41) is 0. The van der Waals surface area contributed by atoms with Gasteiger partial charge in [0, 0.05) is 51.2 Å². The summed E-state index contributed by atoms with van der Waals surface area (Å²) in [5.74, 6) is 2.75. The van der Waals surface area contributed by atoms with Gasteiger partial charge in [0.25, 0.3) is 0 Å². The first kappa shape index (κ1) is 51.5. The fourth-order valence-corrected chi connectivity index (χ4v) is 20.1. The number of nitrogens with zero attached hydrogens (tertiary/aromatic N) is 4. The highest BCUT2D eigenvalue weighted by atomic mass is 79.9. The lowest BCUT2D eigenvalue weighted by atomic mass is 9.65. The highest BCUT2D eigenvalue weighted by Gasteiger charge is 2.50. The first-order valence-electron chi connectivity index (χ1n) is 26.4. The molecule has 4 unspecified atom stereocenters. The zero-order chi connectivity index (χ0) is 47.7. The molecule has 1 aliphatic heterocycles. The molecule has 0 fully saturated rings. The number of halogens is 2. The standard InChI is InChI=1S/C56H72Br2N4S6/c1-9-17-21-33(13-5)29-55(30-34(14-6)22-18-10-2)37-25-41(63-51(37)53-39(55)27-43(57)65-53)45-47-49(61-67-59-47)46(50-48(45)60-68-62-50)42-26-38-52(64-42)54-40(28-44(58)66-54)56(38,31-35(15-7)23-19-11-3)32-36(16-8)24-20-12-4/h25-28,33-36H,9-24,29-32H2,1-8H3. The van der Waals surface area contributed by atoms with Gasteiger partial charge < -0.3 is 0 Å². The van der Waals surface area contributed by atoms with Crippen LogP contribution >= 0.6 is 88.9 Å². The van der Waals surface area contributed by atoms with Crippen LogP contribution in [0.1, 0.15) is 206 Å². The van der Waals surface area contributed by atoms with E-state index in [2.05, 4.69) is 112 Å². The average molecular weight is 1150 g/mol. The molecule has 0 radical (unpaired) electrons. The number of unbranched alkanes of at least 4 members (excludes halogenated alkanes) is 4. The number of hydrogen-bond acceptors (Lipinski definition) is 9. The molecule has 9 rings (SSSR count). The smallest absolute Gasteiger partial charge is 0.116 e. The van der Waals surface area contributed by atoms with E-state index in [0.717, 1.165) is 33.5 Å². The van der Waals surface area contributed by atoms with Gasteiger partial charge in [-0.05, 0) is 128 Å². The van der Waals surface area contributed by atoms with Crippen LogP contribution in [0.15, 0.2) is 40.6 Å². The van der Waals surface area contributed by atoms with E-state index in [-0.39, 0.29) is 10.8 Å². The molecule has 0 saturated heterocycles. The van der Waals surface area contributed by atoms with E-state index in [1.165, 1.54) is 188 Å². The molecule has 68 heavy (non-hydrogen) atoms. The SMILES string of the molecule is CCCCC(CC)CC1(CC(CC)CCCC)c2cc(Br)sc2-c2sc(-c3c4c(c(-c5cc6c(s5)-c5sc(Br)cc5C6(CC(CC)CCCC)CC(CC)CCCC)c5nsnc35)N=S=N4)cc21. The van der Waals surface area contributed by atoms with E-state index in [1.54, 1.807) is 22.3 Å². The monoisotopic (exact) mass is 1150 g/mol. The Labute approximate surface area is 448 Å². The lowest BCUT2D eigenvalue weighted by molar-refractivity contribution is 0.266. The van der Waals surface area contributed by atoms with Crippen molar-refractivity contribution in [1.82, 2.24) is 8.75 Å². The summed E-state index contributed by atoms with van der Waals surface area (Å²) in [7, 11) is 0. The predicted octanol–water partition coefficient (Wildman–Crippen LogP) is 22.5. The van der Waals surface area contributed by atoms with Crippen molar-refractivity contribution in [3.8, 4) is 40.4 Å². The molecule has 366 valence electrons. The van der Waals surface area contributed by atoms with Gasteiger partial charge in [-0.2, -0.15) is 17.5 Å². The van der Waals surface area contributed by atoms with E-state index >= 15 is 0 Å². The minimum atomic E-state index is -0.0100. The van der Waals surface area contributed by atoms with Crippen LogP contribution in [0.5, 0.6) is 0 Å². The Bertz CT molecular complexity index is 2560. The van der Waals surface area contributed by atoms with Gasteiger partial charge in [-0.25, -0.2) is 0 Å². The summed E-state index contributed by atoms with van der Waals surface area (Å²) in [4.78, 5) is 8.44. The van der Waals surface area contributed by atoms with Gasteiger partial charge in [0.2, 0.25) is 0 Å². The fourth-order valence-electron chi connectivity index (χ4n) is 12.7. The van der Waals surface area contributed by atoms with E-state index in [4.69, 9.17) is 17.5 Å². The first-order valence-corrected chi connectivity index (χ1v) is 32.7. The maximum Gasteiger partial charge on any atom is 0.116 e. The Kier molecular flexibility index (Phi) is 17.0. The number of benzene rings is 1. The quantitative estimate of drug-likeness (QED) is 0.0543. The van der Waals surface area contributed by atoms with Crippen LogP contribution in [-0.4, -0.2) is 8.75 Å². The van der Waals surface area contributed by atoms with Crippen LogP contribution in [0.3, 0.4) is 0 Å². The van der Waals surface area contributed by atoms with Crippen molar-refractivity contribution >= 4 is 123 Å². The fraction of sp³-hybridized carbons (Fsp3) is 0.607. The summed E-state index contributed by atoms with van der Waals surface area (Å²) in [6.07, 6.45) is 25.2. The number of rotatable bonds is 26. The zero-order valence-corrected chi connectivity index (χ0v) is 49.8. The Morgan fingerprint density at radius 2 is 0.779 bits per heavy atom. The minimum Gasteiger partial charge on any atom is -0.172 e. The second-order valence-corrected chi connectivity index (χ2v) is 28.6. The Balaban J connectivity index is 1.20. The molecule has 2 aliphatic carbocycles. The highest BCUT2D eigenvalue weighted by Crippen LogP contribution is 2.66. The molecule has 0 amide bonds. The summed E-state index contributed by atoms with van der Waals surface area (Å²) in [6, 6.07) is 10.2. The third-order valence-corrected chi connectivity index (χ3v) is 23.4. The second kappa shape index (κ2) is 22.4. The van der Waals surface area contributed by atoms with Gasteiger partial charge in [0.05, 0.1) is 30.7 Å². The lowest BCUT2D eigenvalue weighted by Crippen LogP contribution is -2.31. The Hall–Kier alpha value is -1.38. The van der Waals surface area contributed by atoms with Crippen molar-refractivity contribution in [2.75, 3.05) is 0 Å². The van der Waals surface area contributed by atoms with Crippen molar-refractivity contribution in [3.63, 3.8) is 0 Å². The summed E-state index contributed by atoms with van der Waals surface area (Å²) < 4.78 is 23.4. The molecule has 4 atom stereocenters. The Morgan fingerprint density at radius 3 is 1.10 bits per heavy atom. The van der Waals surface area contributed by atoms with Crippen molar-refractivity contribution in [3.05, 3.63) is 54.1 Å². The molecule has 3 aliphatic rings. The normalized spacial score (nSPS) is 19.6. The molecule has 0 N–H and O–H groups in total. The molecule has 12 heteroatoms. The van der Waals surface area contributed by atoms with Crippen LogP contribution in [0, 0.1) is 23.7 Å². The van der Waals surface area contributed by atoms with Crippen LogP contribution < -0.4 is 0 Å². The van der Waals surface area contributed by atoms with Crippen LogP contribution in [0.2, 0.25) is 0 Å². The van der Waals surface area contributed by atoms with Gasteiger partial charge in [-0.1, -0.05) is 158 Å². The van der Waals surface area contributed by atoms with Gasteiger partial charge in [-0.3, -0.25) is 0 Å². The van der Waals surface area contributed by atoms with Gasteiger partial charge >= 0.3 is 0 Å². The zero-order valence-electron chi connectivity index (χ0n) is 41.8. The summed E-state index contributed by atoms with van der Waals surface area (Å²) in [6.45, 7) is 19.2.